The van der Waals surface area contributed by atoms with Gasteiger partial charge in [-0.25, -0.2) is 0 Å². The molecule has 1 unspecified atom stereocenters. The van der Waals surface area contributed by atoms with Gasteiger partial charge in [0.25, 0.3) is 0 Å². The first-order chi connectivity index (χ1) is 9.55. The number of carbonyl (C=O) groups is 2. The zero-order valence-electron chi connectivity index (χ0n) is 12.6. The smallest absolute Gasteiger partial charge is 0.248 e. The maximum absolute atomic E-state index is 12.5. The van der Waals surface area contributed by atoms with Crippen molar-refractivity contribution in [1.82, 2.24) is 10.2 Å². The Kier molecular flexibility index (Phi) is 5.02. The van der Waals surface area contributed by atoms with Crippen molar-refractivity contribution in [3.63, 3.8) is 0 Å². The molecule has 1 aliphatic carbocycles. The first-order valence-electron chi connectivity index (χ1n) is 7.73. The Labute approximate surface area is 121 Å². The highest BCUT2D eigenvalue weighted by Gasteiger charge is 2.38. The van der Waals surface area contributed by atoms with E-state index in [9.17, 15) is 9.59 Å². The zero-order chi connectivity index (χ0) is 14.6. The molecule has 114 valence electrons. The Morgan fingerprint density at radius 2 is 2.15 bits per heavy atom. The molecule has 2 aliphatic rings. The van der Waals surface area contributed by atoms with E-state index in [1.54, 1.807) is 0 Å². The van der Waals surface area contributed by atoms with E-state index in [-0.39, 0.29) is 11.8 Å². The summed E-state index contributed by atoms with van der Waals surface area (Å²) >= 11 is 0. The summed E-state index contributed by atoms with van der Waals surface area (Å²) < 4.78 is 5.59. The summed E-state index contributed by atoms with van der Waals surface area (Å²) in [6, 6.07) is 0. The molecule has 0 radical (unpaired) electrons. The van der Waals surface area contributed by atoms with Crippen LogP contribution in [-0.4, -0.2) is 48.6 Å². The predicted octanol–water partition coefficient (Wildman–Crippen LogP) is 1.32. The largest absolute Gasteiger partial charge is 0.381 e. The van der Waals surface area contributed by atoms with Crippen molar-refractivity contribution in [3.05, 3.63) is 0 Å². The third kappa shape index (κ3) is 3.95. The Hall–Kier alpha value is -1.10. The lowest BCUT2D eigenvalue weighted by molar-refractivity contribution is -0.138. The Balaban J connectivity index is 1.78. The first kappa shape index (κ1) is 15.3. The van der Waals surface area contributed by atoms with Gasteiger partial charge in [-0.05, 0) is 38.5 Å². The third-order valence-electron chi connectivity index (χ3n) is 4.26. The van der Waals surface area contributed by atoms with E-state index in [1.807, 2.05) is 18.7 Å². The van der Waals surface area contributed by atoms with E-state index in [4.69, 9.17) is 4.74 Å². The molecular formula is C15H26N2O3. The maximum atomic E-state index is 12.5. The summed E-state index contributed by atoms with van der Waals surface area (Å²) in [6.45, 7) is 6.50. The minimum Gasteiger partial charge on any atom is -0.381 e. The van der Waals surface area contributed by atoms with Crippen LogP contribution in [0.4, 0.5) is 0 Å². The van der Waals surface area contributed by atoms with Crippen molar-refractivity contribution in [2.24, 2.45) is 5.92 Å². The van der Waals surface area contributed by atoms with Gasteiger partial charge in [0.05, 0.1) is 0 Å². The molecule has 1 N–H and O–H groups in total. The molecule has 20 heavy (non-hydrogen) atoms. The molecule has 5 nitrogen and oxygen atoms in total. The van der Waals surface area contributed by atoms with Crippen molar-refractivity contribution in [3.8, 4) is 0 Å². The number of amides is 2. The van der Waals surface area contributed by atoms with Crippen LogP contribution in [0.1, 0.15) is 46.0 Å². The lowest BCUT2D eigenvalue weighted by Crippen LogP contribution is -2.54. The lowest BCUT2D eigenvalue weighted by Gasteiger charge is -2.31. The molecule has 2 fully saturated rings. The fraction of sp³-hybridized carbons (Fsp3) is 0.867. The molecule has 0 aromatic carbocycles. The average molecular weight is 282 g/mol. The summed E-state index contributed by atoms with van der Waals surface area (Å²) in [5.74, 6) is 0.781. The van der Waals surface area contributed by atoms with Crippen LogP contribution in [0.3, 0.4) is 0 Å². The summed E-state index contributed by atoms with van der Waals surface area (Å²) in [7, 11) is 0. The van der Waals surface area contributed by atoms with Crippen LogP contribution in [0.2, 0.25) is 0 Å². The van der Waals surface area contributed by atoms with E-state index >= 15 is 0 Å². The molecule has 1 heterocycles. The van der Waals surface area contributed by atoms with Gasteiger partial charge in [0.1, 0.15) is 5.54 Å². The Morgan fingerprint density at radius 1 is 1.40 bits per heavy atom. The minimum atomic E-state index is -0.748. The lowest BCUT2D eigenvalue weighted by atomic mass is 9.97. The van der Waals surface area contributed by atoms with Gasteiger partial charge in [-0.1, -0.05) is 6.92 Å². The molecule has 2 amide bonds. The van der Waals surface area contributed by atoms with Crippen molar-refractivity contribution in [1.29, 1.82) is 0 Å². The van der Waals surface area contributed by atoms with Crippen LogP contribution in [0, 0.1) is 5.92 Å². The van der Waals surface area contributed by atoms with E-state index in [2.05, 4.69) is 5.32 Å². The quantitative estimate of drug-likeness (QED) is 0.717. The van der Waals surface area contributed by atoms with Crippen LogP contribution in [0.5, 0.6) is 0 Å². The van der Waals surface area contributed by atoms with Crippen LogP contribution in [0.15, 0.2) is 0 Å². The molecule has 2 rings (SSSR count). The number of rotatable bonds is 7. The van der Waals surface area contributed by atoms with Crippen LogP contribution >= 0.6 is 0 Å². The van der Waals surface area contributed by atoms with Gasteiger partial charge < -0.3 is 15.0 Å². The molecular weight excluding hydrogens is 256 g/mol. The highest BCUT2D eigenvalue weighted by Crippen LogP contribution is 2.28. The second-order valence-corrected chi connectivity index (χ2v) is 6.15. The molecule has 1 atom stereocenters. The molecule has 1 aliphatic heterocycles. The Morgan fingerprint density at radius 3 is 2.80 bits per heavy atom. The summed E-state index contributed by atoms with van der Waals surface area (Å²) in [5.41, 5.74) is -0.748. The molecule has 0 aromatic rings. The normalized spacial score (nSPS) is 27.4. The number of hydrogen-bond acceptors (Lipinski definition) is 3. The van der Waals surface area contributed by atoms with Gasteiger partial charge in [0.2, 0.25) is 11.8 Å². The maximum Gasteiger partial charge on any atom is 0.248 e. The topological polar surface area (TPSA) is 58.6 Å². The van der Waals surface area contributed by atoms with Gasteiger partial charge in [-0.15, -0.1) is 0 Å². The van der Waals surface area contributed by atoms with Crippen LogP contribution in [0.25, 0.3) is 0 Å². The fourth-order valence-corrected chi connectivity index (χ4v) is 2.46. The van der Waals surface area contributed by atoms with E-state index < -0.39 is 5.54 Å². The molecule has 0 bridgehead atoms. The summed E-state index contributed by atoms with van der Waals surface area (Å²) in [6.07, 6.45) is 4.45. The van der Waals surface area contributed by atoms with Gasteiger partial charge in [0.15, 0.2) is 0 Å². The summed E-state index contributed by atoms with van der Waals surface area (Å²) in [5, 5.41) is 2.85. The number of nitrogens with zero attached hydrogens (tertiary/aromatic N) is 1. The Bertz CT molecular complexity index is 368. The second kappa shape index (κ2) is 6.57. The van der Waals surface area contributed by atoms with Gasteiger partial charge in [-0.3, -0.25) is 9.59 Å². The standard InChI is InChI=1S/C15H26N2O3/c1-3-15(2)14(19)17(9-7-13(18)16-15)8-4-10-20-11-12-5-6-12/h12H,3-11H2,1-2H3,(H,16,18). The van der Waals surface area contributed by atoms with E-state index in [0.29, 0.717) is 32.5 Å². The monoisotopic (exact) mass is 282 g/mol. The van der Waals surface area contributed by atoms with Gasteiger partial charge in [-0.2, -0.15) is 0 Å². The first-order valence-corrected chi connectivity index (χ1v) is 7.73. The van der Waals surface area contributed by atoms with Crippen molar-refractivity contribution in [2.45, 2.75) is 51.5 Å². The summed E-state index contributed by atoms with van der Waals surface area (Å²) in [4.78, 5) is 26.0. The third-order valence-corrected chi connectivity index (χ3v) is 4.26. The average Bonchev–Trinajstić information content (AvgIpc) is 3.24. The number of ether oxygens (including phenoxy) is 1. The van der Waals surface area contributed by atoms with Crippen molar-refractivity contribution in [2.75, 3.05) is 26.3 Å². The van der Waals surface area contributed by atoms with Gasteiger partial charge in [0, 0.05) is 32.7 Å². The van der Waals surface area contributed by atoms with Gasteiger partial charge >= 0.3 is 0 Å². The van der Waals surface area contributed by atoms with Crippen LogP contribution in [-0.2, 0) is 14.3 Å². The molecule has 5 heteroatoms. The van der Waals surface area contributed by atoms with E-state index in [0.717, 1.165) is 18.9 Å². The SMILES string of the molecule is CCC1(C)NC(=O)CCN(CCCOCC2CC2)C1=O. The molecule has 0 aromatic heterocycles. The predicted molar refractivity (Wildman–Crippen MR) is 76.2 cm³/mol. The van der Waals surface area contributed by atoms with Crippen molar-refractivity contribution >= 4 is 11.8 Å². The fourth-order valence-electron chi connectivity index (χ4n) is 2.46. The van der Waals surface area contributed by atoms with Crippen LogP contribution < -0.4 is 5.32 Å². The highest BCUT2D eigenvalue weighted by atomic mass is 16.5. The highest BCUT2D eigenvalue weighted by molar-refractivity contribution is 5.93. The molecule has 1 saturated heterocycles. The molecule has 1 saturated carbocycles. The minimum absolute atomic E-state index is 0.0322. The zero-order valence-corrected chi connectivity index (χ0v) is 12.6. The van der Waals surface area contributed by atoms with E-state index in [1.165, 1.54) is 12.8 Å². The number of carbonyl (C=O) groups excluding carboxylic acids is 2. The number of hydrogen-bond donors (Lipinski definition) is 1. The molecule has 0 spiro atoms. The second-order valence-electron chi connectivity index (χ2n) is 6.15. The number of nitrogens with one attached hydrogen (secondary N) is 1. The van der Waals surface area contributed by atoms with Crippen molar-refractivity contribution < 1.29 is 14.3 Å².